The van der Waals surface area contributed by atoms with Gasteiger partial charge in [0.1, 0.15) is 0 Å². The van der Waals surface area contributed by atoms with Gasteiger partial charge in [0, 0.05) is 11.8 Å². The van der Waals surface area contributed by atoms with Crippen LogP contribution in [0.15, 0.2) is 49.6 Å². The zero-order valence-electron chi connectivity index (χ0n) is 9.64. The van der Waals surface area contributed by atoms with Crippen molar-refractivity contribution in [1.82, 2.24) is 0 Å². The molecule has 0 saturated carbocycles. The van der Waals surface area contributed by atoms with Gasteiger partial charge in [0.2, 0.25) is 5.91 Å². The number of para-hydroxylation sites is 1. The van der Waals surface area contributed by atoms with Gasteiger partial charge < -0.3 is 10.4 Å². The van der Waals surface area contributed by atoms with E-state index in [-0.39, 0.29) is 5.91 Å². The van der Waals surface area contributed by atoms with Gasteiger partial charge in [-0.3, -0.25) is 4.79 Å². The van der Waals surface area contributed by atoms with Gasteiger partial charge in [-0.1, -0.05) is 31.4 Å². The van der Waals surface area contributed by atoms with E-state index in [1.54, 1.807) is 0 Å². The molecular weight excluding hydrogens is 218 g/mol. The van der Waals surface area contributed by atoms with Crippen molar-refractivity contribution in [3.05, 3.63) is 55.1 Å². The number of hydrogen-bond acceptors (Lipinski definition) is 2. The molecule has 90 valence electrons. The fourth-order valence-corrected chi connectivity index (χ4v) is 0.897. The molecule has 0 atom stereocenters. The molecule has 4 nitrogen and oxygen atoms in total. The highest BCUT2D eigenvalue weighted by Gasteiger charge is 1.98. The van der Waals surface area contributed by atoms with Crippen LogP contribution in [0.4, 0.5) is 5.69 Å². The van der Waals surface area contributed by atoms with Gasteiger partial charge >= 0.3 is 5.97 Å². The van der Waals surface area contributed by atoms with Crippen molar-refractivity contribution in [2.75, 3.05) is 5.32 Å². The molecule has 0 saturated heterocycles. The summed E-state index contributed by atoms with van der Waals surface area (Å²) in [5.41, 5.74) is 1.88. The van der Waals surface area contributed by atoms with E-state index in [9.17, 15) is 9.59 Å². The average Bonchev–Trinajstić information content (AvgIpc) is 2.32. The van der Waals surface area contributed by atoms with Gasteiger partial charge in [-0.15, -0.1) is 0 Å². The summed E-state index contributed by atoms with van der Waals surface area (Å²) in [6, 6.07) is 7.61. The van der Waals surface area contributed by atoms with E-state index in [1.807, 2.05) is 31.2 Å². The van der Waals surface area contributed by atoms with Crippen LogP contribution in [0.3, 0.4) is 0 Å². The lowest BCUT2D eigenvalue weighted by Gasteiger charge is -2.04. The number of rotatable bonds is 3. The molecule has 17 heavy (non-hydrogen) atoms. The highest BCUT2D eigenvalue weighted by Crippen LogP contribution is 2.12. The van der Waals surface area contributed by atoms with Gasteiger partial charge in [-0.05, 0) is 24.6 Å². The van der Waals surface area contributed by atoms with Crippen molar-refractivity contribution in [1.29, 1.82) is 0 Å². The highest BCUT2D eigenvalue weighted by atomic mass is 16.4. The van der Waals surface area contributed by atoms with Crippen LogP contribution in [0.5, 0.6) is 0 Å². The number of carbonyl (C=O) groups excluding carboxylic acids is 1. The Morgan fingerprint density at radius 2 is 1.76 bits per heavy atom. The number of carboxylic acid groups (broad SMARTS) is 1. The van der Waals surface area contributed by atoms with E-state index >= 15 is 0 Å². The van der Waals surface area contributed by atoms with Crippen LogP contribution in [-0.4, -0.2) is 17.0 Å². The second-order valence-corrected chi connectivity index (χ2v) is 3.05. The lowest BCUT2D eigenvalue weighted by molar-refractivity contribution is -0.131. The number of anilines is 1. The minimum absolute atomic E-state index is 0.177. The lowest BCUT2D eigenvalue weighted by atomic mass is 10.2. The summed E-state index contributed by atoms with van der Waals surface area (Å²) in [5.74, 6) is -1.16. The largest absolute Gasteiger partial charge is 0.478 e. The summed E-state index contributed by atoms with van der Waals surface area (Å²) in [6.45, 7) is 8.28. The van der Waals surface area contributed by atoms with Crippen LogP contribution < -0.4 is 5.32 Å². The monoisotopic (exact) mass is 233 g/mol. The summed E-state index contributed by atoms with van der Waals surface area (Å²) in [6.07, 6.45) is 2.09. The molecule has 0 fully saturated rings. The first-order chi connectivity index (χ1) is 8.01. The molecule has 1 rings (SSSR count). The maximum atomic E-state index is 10.9. The Morgan fingerprint density at radius 3 is 2.18 bits per heavy atom. The van der Waals surface area contributed by atoms with E-state index < -0.39 is 5.97 Å². The molecule has 1 aromatic rings. The second kappa shape index (κ2) is 7.87. The first-order valence-electron chi connectivity index (χ1n) is 4.85. The molecule has 0 bridgehead atoms. The Kier molecular flexibility index (Phi) is 6.78. The Bertz CT molecular complexity index is 424. The molecule has 1 aromatic carbocycles. The molecule has 4 heteroatoms. The minimum Gasteiger partial charge on any atom is -0.478 e. The van der Waals surface area contributed by atoms with Crippen molar-refractivity contribution in [2.45, 2.75) is 6.92 Å². The van der Waals surface area contributed by atoms with Crippen LogP contribution in [0, 0.1) is 6.92 Å². The van der Waals surface area contributed by atoms with Gasteiger partial charge in [0.05, 0.1) is 0 Å². The van der Waals surface area contributed by atoms with Gasteiger partial charge in [0.15, 0.2) is 0 Å². The molecule has 0 unspecified atom stereocenters. The Hall–Kier alpha value is -2.36. The molecule has 0 aliphatic heterocycles. The Morgan fingerprint density at radius 1 is 1.24 bits per heavy atom. The predicted octanol–water partition coefficient (Wildman–Crippen LogP) is 2.38. The SMILES string of the molecule is C=CC(=O)Nc1ccccc1C.C=CC(=O)O. The van der Waals surface area contributed by atoms with Crippen LogP contribution in [0.25, 0.3) is 0 Å². The molecule has 0 aromatic heterocycles. The molecule has 0 spiro atoms. The predicted molar refractivity (Wildman–Crippen MR) is 67.8 cm³/mol. The quantitative estimate of drug-likeness (QED) is 0.788. The molecular formula is C13H15NO3. The molecule has 1 amide bonds. The first kappa shape index (κ1) is 14.6. The van der Waals surface area contributed by atoms with Crippen molar-refractivity contribution < 1.29 is 14.7 Å². The third-order valence-corrected chi connectivity index (χ3v) is 1.76. The zero-order valence-corrected chi connectivity index (χ0v) is 9.64. The third kappa shape index (κ3) is 6.67. The third-order valence-electron chi connectivity index (χ3n) is 1.76. The van der Waals surface area contributed by atoms with E-state index in [1.165, 1.54) is 6.08 Å². The number of benzene rings is 1. The number of carboxylic acids is 1. The molecule has 0 aliphatic rings. The summed E-state index contributed by atoms with van der Waals surface area (Å²) in [5, 5.41) is 10.3. The number of nitrogens with one attached hydrogen (secondary N) is 1. The van der Waals surface area contributed by atoms with Gasteiger partial charge in [-0.2, -0.15) is 0 Å². The Balaban J connectivity index is 0.000000437. The number of hydrogen-bond donors (Lipinski definition) is 2. The van der Waals surface area contributed by atoms with E-state index in [4.69, 9.17) is 5.11 Å². The normalized spacial score (nSPS) is 8.29. The summed E-state index contributed by atoms with van der Waals surface area (Å²) >= 11 is 0. The number of aryl methyl sites for hydroxylation is 1. The van der Waals surface area contributed by atoms with Crippen molar-refractivity contribution in [3.8, 4) is 0 Å². The van der Waals surface area contributed by atoms with E-state index in [0.717, 1.165) is 17.3 Å². The summed E-state index contributed by atoms with van der Waals surface area (Å²) < 4.78 is 0. The van der Waals surface area contributed by atoms with Gasteiger partial charge in [0.25, 0.3) is 0 Å². The highest BCUT2D eigenvalue weighted by molar-refractivity contribution is 5.99. The number of amides is 1. The maximum absolute atomic E-state index is 10.9. The van der Waals surface area contributed by atoms with Crippen LogP contribution in [0.2, 0.25) is 0 Å². The van der Waals surface area contributed by atoms with Crippen LogP contribution in [-0.2, 0) is 9.59 Å². The summed E-state index contributed by atoms with van der Waals surface area (Å²) in [4.78, 5) is 20.2. The van der Waals surface area contributed by atoms with Crippen molar-refractivity contribution in [3.63, 3.8) is 0 Å². The maximum Gasteiger partial charge on any atom is 0.327 e. The fourth-order valence-electron chi connectivity index (χ4n) is 0.897. The zero-order chi connectivity index (χ0) is 13.3. The number of carbonyl (C=O) groups is 2. The molecule has 0 aliphatic carbocycles. The lowest BCUT2D eigenvalue weighted by Crippen LogP contribution is -2.08. The van der Waals surface area contributed by atoms with E-state index in [0.29, 0.717) is 0 Å². The minimum atomic E-state index is -0.981. The standard InChI is InChI=1S/C10H11NO.C3H4O2/c1-3-10(12)11-9-7-5-4-6-8(9)2;1-2-3(4)5/h3-7H,1H2,2H3,(H,11,12);2H,1H2,(H,4,5). The number of aliphatic carboxylic acids is 1. The van der Waals surface area contributed by atoms with E-state index in [2.05, 4.69) is 18.5 Å². The first-order valence-corrected chi connectivity index (χ1v) is 4.85. The topological polar surface area (TPSA) is 66.4 Å². The van der Waals surface area contributed by atoms with Crippen LogP contribution in [0.1, 0.15) is 5.56 Å². The smallest absolute Gasteiger partial charge is 0.327 e. The van der Waals surface area contributed by atoms with Crippen molar-refractivity contribution in [2.24, 2.45) is 0 Å². The molecule has 2 N–H and O–H groups in total. The average molecular weight is 233 g/mol. The van der Waals surface area contributed by atoms with Crippen LogP contribution >= 0.6 is 0 Å². The molecule has 0 heterocycles. The van der Waals surface area contributed by atoms with Gasteiger partial charge in [-0.25, -0.2) is 4.79 Å². The fraction of sp³-hybridized carbons (Fsp3) is 0.0769. The second-order valence-electron chi connectivity index (χ2n) is 3.05. The van der Waals surface area contributed by atoms with Crippen molar-refractivity contribution >= 4 is 17.6 Å². The Labute approximate surface area is 100 Å². The summed E-state index contributed by atoms with van der Waals surface area (Å²) in [7, 11) is 0. The molecule has 0 radical (unpaired) electrons.